The Bertz CT molecular complexity index is 1080. The summed E-state index contributed by atoms with van der Waals surface area (Å²) in [5.41, 5.74) is 1.60. The zero-order chi connectivity index (χ0) is 20.4. The Morgan fingerprint density at radius 3 is 2.55 bits per heavy atom. The summed E-state index contributed by atoms with van der Waals surface area (Å²) in [5, 5.41) is 4.50. The molecule has 0 radical (unpaired) electrons. The van der Waals surface area contributed by atoms with Crippen LogP contribution in [0.25, 0.3) is 10.9 Å². The molecule has 1 fully saturated rings. The van der Waals surface area contributed by atoms with E-state index in [1.54, 1.807) is 18.2 Å². The van der Waals surface area contributed by atoms with Gasteiger partial charge in [0.2, 0.25) is 0 Å². The van der Waals surface area contributed by atoms with E-state index in [1.165, 1.54) is 7.11 Å². The zero-order valence-electron chi connectivity index (χ0n) is 16.5. The van der Waals surface area contributed by atoms with Gasteiger partial charge in [-0.15, -0.1) is 0 Å². The fraction of sp³-hybridized carbons (Fsp3) is 0.400. The number of hydrogen-bond acceptors (Lipinski definition) is 8. The number of carbonyl (C=O) groups is 1. The Kier molecular flexibility index (Phi) is 5.41. The molecule has 0 unspecified atom stereocenters. The van der Waals surface area contributed by atoms with E-state index < -0.39 is 5.97 Å². The van der Waals surface area contributed by atoms with Gasteiger partial charge in [-0.05, 0) is 25.1 Å². The smallest absolute Gasteiger partial charge is 0.337 e. The van der Waals surface area contributed by atoms with Crippen molar-refractivity contribution in [2.24, 2.45) is 0 Å². The van der Waals surface area contributed by atoms with Crippen molar-refractivity contribution in [3.8, 4) is 0 Å². The van der Waals surface area contributed by atoms with Gasteiger partial charge in [0.1, 0.15) is 11.6 Å². The van der Waals surface area contributed by atoms with Crippen molar-refractivity contribution in [1.29, 1.82) is 0 Å². The number of aromatic nitrogens is 3. The van der Waals surface area contributed by atoms with Crippen LogP contribution in [0.4, 0.5) is 0 Å². The molecule has 1 saturated heterocycles. The van der Waals surface area contributed by atoms with Crippen LogP contribution in [-0.4, -0.2) is 64.2 Å². The van der Waals surface area contributed by atoms with Crippen molar-refractivity contribution in [2.75, 3.05) is 33.3 Å². The maximum atomic E-state index is 12.4. The van der Waals surface area contributed by atoms with E-state index in [-0.39, 0.29) is 5.56 Å². The van der Waals surface area contributed by atoms with Gasteiger partial charge in [0, 0.05) is 38.8 Å². The molecule has 0 aliphatic carbocycles. The highest BCUT2D eigenvalue weighted by molar-refractivity contribution is 5.93. The van der Waals surface area contributed by atoms with E-state index >= 15 is 0 Å². The first-order valence-electron chi connectivity index (χ1n) is 9.50. The minimum atomic E-state index is -0.450. The molecule has 0 bridgehead atoms. The summed E-state index contributed by atoms with van der Waals surface area (Å²) in [6, 6.07) is 6.72. The van der Waals surface area contributed by atoms with Gasteiger partial charge in [0.15, 0.2) is 0 Å². The summed E-state index contributed by atoms with van der Waals surface area (Å²) in [6.45, 7) is 6.73. The molecule has 1 aliphatic heterocycles. The average Bonchev–Trinajstić information content (AvgIpc) is 3.13. The lowest BCUT2D eigenvalue weighted by molar-refractivity contribution is 0.0601. The molecule has 1 N–H and O–H groups in total. The Hall–Kier alpha value is -3.04. The molecular weight excluding hydrogens is 374 g/mol. The van der Waals surface area contributed by atoms with E-state index in [0.717, 1.165) is 44.2 Å². The SMILES string of the molecule is COC(=O)c1ccc2c(=O)[nH]c(CN3CCN(Cc4cc(C)on4)CC3)nc2c1. The van der Waals surface area contributed by atoms with Gasteiger partial charge in [-0.1, -0.05) is 5.16 Å². The van der Waals surface area contributed by atoms with Crippen molar-refractivity contribution in [1.82, 2.24) is 24.9 Å². The number of carbonyl (C=O) groups excluding carboxylic acids is 1. The lowest BCUT2D eigenvalue weighted by Gasteiger charge is -2.33. The van der Waals surface area contributed by atoms with Gasteiger partial charge in [0.05, 0.1) is 35.8 Å². The minimum Gasteiger partial charge on any atom is -0.465 e. The Morgan fingerprint density at radius 2 is 1.90 bits per heavy atom. The topological polar surface area (TPSA) is 105 Å². The number of benzene rings is 1. The van der Waals surface area contributed by atoms with Crippen molar-refractivity contribution < 1.29 is 14.1 Å². The molecule has 152 valence electrons. The number of methoxy groups -OCH3 is 1. The molecule has 29 heavy (non-hydrogen) atoms. The van der Waals surface area contributed by atoms with Gasteiger partial charge in [-0.2, -0.15) is 0 Å². The van der Waals surface area contributed by atoms with Crippen LogP contribution < -0.4 is 5.56 Å². The number of ether oxygens (including phenoxy) is 1. The molecule has 4 rings (SSSR count). The lowest BCUT2D eigenvalue weighted by atomic mass is 10.1. The van der Waals surface area contributed by atoms with E-state index in [9.17, 15) is 9.59 Å². The standard InChI is InChI=1S/C20H23N5O4/c1-13-9-15(23-29-13)11-24-5-7-25(8-6-24)12-18-21-17-10-14(20(27)28-2)3-4-16(17)19(26)22-18/h3-4,9-10H,5-8,11-12H2,1-2H3,(H,21,22,26). The fourth-order valence-corrected chi connectivity index (χ4v) is 3.55. The summed E-state index contributed by atoms with van der Waals surface area (Å²) in [6.07, 6.45) is 0. The number of fused-ring (bicyclic) bond motifs is 1. The van der Waals surface area contributed by atoms with Crippen molar-refractivity contribution in [3.63, 3.8) is 0 Å². The molecule has 0 spiro atoms. The lowest BCUT2D eigenvalue weighted by Crippen LogP contribution is -2.45. The van der Waals surface area contributed by atoms with Crippen LogP contribution in [0.3, 0.4) is 0 Å². The summed E-state index contributed by atoms with van der Waals surface area (Å²) in [7, 11) is 1.33. The van der Waals surface area contributed by atoms with E-state index in [2.05, 4.69) is 24.9 Å². The Morgan fingerprint density at radius 1 is 1.17 bits per heavy atom. The third kappa shape index (κ3) is 4.36. The fourth-order valence-electron chi connectivity index (χ4n) is 3.55. The number of aromatic amines is 1. The molecule has 0 amide bonds. The van der Waals surface area contributed by atoms with Crippen LogP contribution >= 0.6 is 0 Å². The number of H-pyrrole nitrogens is 1. The number of nitrogens with one attached hydrogen (secondary N) is 1. The monoisotopic (exact) mass is 397 g/mol. The second-order valence-corrected chi connectivity index (χ2v) is 7.22. The van der Waals surface area contributed by atoms with Crippen LogP contribution in [0.1, 0.15) is 27.6 Å². The first-order valence-corrected chi connectivity index (χ1v) is 9.50. The molecule has 1 aromatic carbocycles. The van der Waals surface area contributed by atoms with Crippen molar-refractivity contribution >= 4 is 16.9 Å². The molecule has 0 atom stereocenters. The highest BCUT2D eigenvalue weighted by Gasteiger charge is 2.19. The predicted octanol–water partition coefficient (Wildman–Crippen LogP) is 1.32. The normalized spacial score (nSPS) is 15.7. The van der Waals surface area contributed by atoms with Gasteiger partial charge in [0.25, 0.3) is 5.56 Å². The van der Waals surface area contributed by atoms with Gasteiger partial charge < -0.3 is 14.2 Å². The minimum absolute atomic E-state index is 0.207. The van der Waals surface area contributed by atoms with Crippen molar-refractivity contribution in [2.45, 2.75) is 20.0 Å². The summed E-state index contributed by atoms with van der Waals surface area (Å²) < 4.78 is 9.87. The third-order valence-electron chi connectivity index (χ3n) is 5.08. The highest BCUT2D eigenvalue weighted by Crippen LogP contribution is 2.14. The quantitative estimate of drug-likeness (QED) is 0.643. The molecule has 1 aliphatic rings. The highest BCUT2D eigenvalue weighted by atomic mass is 16.5. The number of nitrogens with zero attached hydrogens (tertiary/aromatic N) is 4. The first kappa shape index (κ1) is 19.3. The molecule has 9 nitrogen and oxygen atoms in total. The number of hydrogen-bond donors (Lipinski definition) is 1. The van der Waals surface area contributed by atoms with E-state index in [0.29, 0.717) is 28.8 Å². The molecule has 9 heteroatoms. The molecule has 3 heterocycles. The second-order valence-electron chi connectivity index (χ2n) is 7.22. The Labute approximate surface area is 167 Å². The summed E-state index contributed by atoms with van der Waals surface area (Å²) >= 11 is 0. The van der Waals surface area contributed by atoms with Crippen LogP contribution in [0.2, 0.25) is 0 Å². The maximum Gasteiger partial charge on any atom is 0.337 e. The van der Waals surface area contributed by atoms with Gasteiger partial charge in [-0.25, -0.2) is 9.78 Å². The predicted molar refractivity (Wildman–Crippen MR) is 105 cm³/mol. The van der Waals surface area contributed by atoms with Gasteiger partial charge in [-0.3, -0.25) is 14.6 Å². The Balaban J connectivity index is 1.42. The molecule has 2 aromatic heterocycles. The summed E-state index contributed by atoms with van der Waals surface area (Å²) in [5.74, 6) is 0.958. The molecule has 3 aromatic rings. The van der Waals surface area contributed by atoms with Crippen LogP contribution in [-0.2, 0) is 17.8 Å². The zero-order valence-corrected chi connectivity index (χ0v) is 16.5. The molecule has 0 saturated carbocycles. The van der Waals surface area contributed by atoms with Crippen LogP contribution in [0.15, 0.2) is 33.6 Å². The third-order valence-corrected chi connectivity index (χ3v) is 5.08. The average molecular weight is 397 g/mol. The van der Waals surface area contributed by atoms with E-state index in [4.69, 9.17) is 9.26 Å². The van der Waals surface area contributed by atoms with Crippen molar-refractivity contribution in [3.05, 3.63) is 57.5 Å². The number of rotatable bonds is 5. The number of piperazine rings is 1. The number of esters is 1. The van der Waals surface area contributed by atoms with Gasteiger partial charge >= 0.3 is 5.97 Å². The first-order chi connectivity index (χ1) is 14.0. The molecular formula is C20H23N5O4. The maximum absolute atomic E-state index is 12.4. The van der Waals surface area contributed by atoms with Crippen LogP contribution in [0.5, 0.6) is 0 Å². The second kappa shape index (κ2) is 8.14. The largest absolute Gasteiger partial charge is 0.465 e. The summed E-state index contributed by atoms with van der Waals surface area (Å²) in [4.78, 5) is 36.1. The van der Waals surface area contributed by atoms with Crippen LogP contribution in [0, 0.1) is 6.92 Å². The number of aryl methyl sites for hydroxylation is 1. The van der Waals surface area contributed by atoms with E-state index in [1.807, 2.05) is 13.0 Å².